The summed E-state index contributed by atoms with van der Waals surface area (Å²) in [4.78, 5) is 37.0. The number of amides is 2. The molecule has 0 fully saturated rings. The summed E-state index contributed by atoms with van der Waals surface area (Å²) in [5, 5.41) is 14.8. The topological polar surface area (TPSA) is 110 Å². The lowest BCUT2D eigenvalue weighted by molar-refractivity contribution is -0.141. The quantitative estimate of drug-likeness (QED) is 0.638. The Labute approximate surface area is 183 Å². The van der Waals surface area contributed by atoms with Gasteiger partial charge in [-0.3, -0.25) is 14.4 Å². The summed E-state index contributed by atoms with van der Waals surface area (Å²) < 4.78 is 7.57. The van der Waals surface area contributed by atoms with Crippen molar-refractivity contribution < 1.29 is 24.2 Å². The Hall–Kier alpha value is -2.87. The smallest absolute Gasteiger partial charge is 0.304 e. The van der Waals surface area contributed by atoms with Gasteiger partial charge in [0.05, 0.1) is 19.6 Å². The van der Waals surface area contributed by atoms with E-state index in [0.717, 1.165) is 5.56 Å². The van der Waals surface area contributed by atoms with Gasteiger partial charge in [0.15, 0.2) is 0 Å². The second-order valence-corrected chi connectivity index (χ2v) is 8.12. The molecule has 0 aromatic carbocycles. The molecule has 3 N–H and O–H groups in total. The van der Waals surface area contributed by atoms with Crippen molar-refractivity contribution in [1.82, 2.24) is 15.2 Å². The van der Waals surface area contributed by atoms with Crippen molar-refractivity contribution in [2.75, 3.05) is 19.8 Å². The number of carbonyl (C=O) groups is 3. The molecular formula is C23H33N3O5. The zero-order valence-corrected chi connectivity index (χ0v) is 18.3. The Kier molecular flexibility index (Phi) is 10.0. The highest BCUT2D eigenvalue weighted by Crippen LogP contribution is 2.16. The summed E-state index contributed by atoms with van der Waals surface area (Å²) in [5.41, 5.74) is 0.857. The number of ether oxygens (including phenoxy) is 1. The third kappa shape index (κ3) is 9.21. The molecular weight excluding hydrogens is 398 g/mol. The van der Waals surface area contributed by atoms with Gasteiger partial charge in [-0.2, -0.15) is 0 Å². The first kappa shape index (κ1) is 24.4. The Morgan fingerprint density at radius 1 is 1.26 bits per heavy atom. The largest absolute Gasteiger partial charge is 0.481 e. The number of hydrogen-bond acceptors (Lipinski definition) is 4. The second-order valence-electron chi connectivity index (χ2n) is 8.12. The lowest BCUT2D eigenvalue weighted by atomic mass is 9.92. The first-order valence-corrected chi connectivity index (χ1v) is 10.7. The minimum Gasteiger partial charge on any atom is -0.481 e. The molecule has 1 aliphatic heterocycles. The highest BCUT2D eigenvalue weighted by atomic mass is 16.5. The predicted molar refractivity (Wildman–Crippen MR) is 117 cm³/mol. The average molecular weight is 432 g/mol. The van der Waals surface area contributed by atoms with Gasteiger partial charge in [0, 0.05) is 37.8 Å². The van der Waals surface area contributed by atoms with E-state index in [4.69, 9.17) is 4.74 Å². The van der Waals surface area contributed by atoms with Crippen LogP contribution in [-0.2, 0) is 32.1 Å². The molecule has 8 nitrogen and oxygen atoms in total. The maximum Gasteiger partial charge on any atom is 0.304 e. The van der Waals surface area contributed by atoms with Gasteiger partial charge in [0.25, 0.3) is 0 Å². The van der Waals surface area contributed by atoms with Gasteiger partial charge in [-0.1, -0.05) is 38.1 Å². The summed E-state index contributed by atoms with van der Waals surface area (Å²) in [6.45, 7) is 5.75. The molecule has 0 radical (unpaired) electrons. The minimum atomic E-state index is -1.03. The van der Waals surface area contributed by atoms with Crippen molar-refractivity contribution in [2.24, 2.45) is 11.8 Å². The van der Waals surface area contributed by atoms with Crippen molar-refractivity contribution in [3.63, 3.8) is 0 Å². The number of carboxylic acids is 1. The molecule has 2 bridgehead atoms. The highest BCUT2D eigenvalue weighted by molar-refractivity contribution is 5.90. The summed E-state index contributed by atoms with van der Waals surface area (Å²) in [5.74, 6) is -2.30. The standard InChI is InChI=1S/C23H33N3O5/c1-17(2)13-19(15-21(27)28)22(29)25-20-14-18-7-5-3-4-6-9-26(16-18)10-12-31-11-8-24-23(20)30/h3-7,9,16-17,19-20H,8,10-15H2,1-2H3,(H,24,30)(H,25,29)(H,27,28)/t19-,20?/m1/s1. The van der Waals surface area contributed by atoms with Crippen LogP contribution in [0, 0.1) is 11.8 Å². The third-order valence-corrected chi connectivity index (χ3v) is 4.91. The van der Waals surface area contributed by atoms with E-state index in [-0.39, 0.29) is 24.7 Å². The van der Waals surface area contributed by atoms with Crippen molar-refractivity contribution >= 4 is 17.8 Å². The van der Waals surface area contributed by atoms with Gasteiger partial charge in [0.1, 0.15) is 6.04 Å². The van der Waals surface area contributed by atoms with Crippen LogP contribution in [0.15, 0.2) is 42.7 Å². The van der Waals surface area contributed by atoms with Crippen LogP contribution in [-0.4, -0.2) is 53.3 Å². The summed E-state index contributed by atoms with van der Waals surface area (Å²) in [6, 6.07) is 8.68. The fourth-order valence-electron chi connectivity index (χ4n) is 3.47. The van der Waals surface area contributed by atoms with Crippen molar-refractivity contribution in [1.29, 1.82) is 0 Å². The molecule has 2 amide bonds. The van der Waals surface area contributed by atoms with Crippen LogP contribution in [0.25, 0.3) is 0 Å². The molecule has 2 atom stereocenters. The van der Waals surface area contributed by atoms with E-state index in [1.54, 1.807) is 0 Å². The van der Waals surface area contributed by atoms with E-state index >= 15 is 0 Å². The van der Waals surface area contributed by atoms with Gasteiger partial charge in [-0.25, -0.2) is 0 Å². The molecule has 1 aromatic heterocycles. The monoisotopic (exact) mass is 431 g/mol. The summed E-state index contributed by atoms with van der Waals surface area (Å²) in [7, 11) is 0. The zero-order valence-electron chi connectivity index (χ0n) is 18.3. The van der Waals surface area contributed by atoms with Crippen LogP contribution in [0.5, 0.6) is 0 Å². The van der Waals surface area contributed by atoms with E-state index in [1.807, 2.05) is 61.1 Å². The number of fused-ring (bicyclic) bond motifs is 2. The molecule has 2 rings (SSSR count). The molecule has 1 aliphatic rings. The van der Waals surface area contributed by atoms with E-state index in [1.165, 1.54) is 0 Å². The Balaban J connectivity index is 2.31. The fraction of sp³-hybridized carbons (Fsp3) is 0.522. The molecule has 1 aromatic rings. The van der Waals surface area contributed by atoms with E-state index < -0.39 is 23.8 Å². The van der Waals surface area contributed by atoms with Crippen LogP contribution in [0.2, 0.25) is 0 Å². The Morgan fingerprint density at radius 3 is 2.77 bits per heavy atom. The lowest BCUT2D eigenvalue weighted by Gasteiger charge is -2.23. The van der Waals surface area contributed by atoms with Gasteiger partial charge in [-0.15, -0.1) is 0 Å². The van der Waals surface area contributed by atoms with Crippen LogP contribution in [0.4, 0.5) is 0 Å². The third-order valence-electron chi connectivity index (χ3n) is 4.91. The molecule has 0 aliphatic carbocycles. The molecule has 0 saturated heterocycles. The Bertz CT molecular complexity index is 804. The fourth-order valence-corrected chi connectivity index (χ4v) is 3.47. The zero-order chi connectivity index (χ0) is 22.6. The Morgan fingerprint density at radius 2 is 2.03 bits per heavy atom. The molecule has 1 unspecified atom stereocenters. The van der Waals surface area contributed by atoms with Crippen LogP contribution >= 0.6 is 0 Å². The highest BCUT2D eigenvalue weighted by Gasteiger charge is 2.28. The van der Waals surface area contributed by atoms with Gasteiger partial charge in [0.2, 0.25) is 11.8 Å². The first-order chi connectivity index (χ1) is 14.8. The maximum atomic E-state index is 12.9. The van der Waals surface area contributed by atoms with E-state index in [0.29, 0.717) is 32.7 Å². The van der Waals surface area contributed by atoms with Crippen LogP contribution < -0.4 is 10.6 Å². The van der Waals surface area contributed by atoms with E-state index in [2.05, 4.69) is 10.6 Å². The predicted octanol–water partition coefficient (Wildman–Crippen LogP) is 1.92. The van der Waals surface area contributed by atoms with Crippen LogP contribution in [0.1, 0.15) is 32.3 Å². The van der Waals surface area contributed by atoms with Gasteiger partial charge < -0.3 is 25.0 Å². The minimum absolute atomic E-state index is 0.157. The SMILES string of the molecule is CC(C)C[C@H](CC(=O)O)C(=O)NC1Cc2ccccccn(c2)CCOCCNC1=O. The first-order valence-electron chi connectivity index (χ1n) is 10.7. The number of carboxylic acid groups (broad SMARTS) is 1. The summed E-state index contributed by atoms with van der Waals surface area (Å²) in [6.07, 6.45) is 4.32. The normalized spacial score (nSPS) is 18.0. The average Bonchev–Trinajstić information content (AvgIpc) is 2.80. The molecule has 170 valence electrons. The number of rotatable bonds is 6. The number of nitrogens with zero attached hydrogens (tertiary/aromatic N) is 1. The van der Waals surface area contributed by atoms with E-state index in [9.17, 15) is 19.5 Å². The molecule has 2 heterocycles. The number of aromatic nitrogens is 1. The van der Waals surface area contributed by atoms with Crippen molar-refractivity contribution in [2.45, 2.75) is 45.7 Å². The summed E-state index contributed by atoms with van der Waals surface area (Å²) >= 11 is 0. The van der Waals surface area contributed by atoms with Crippen molar-refractivity contribution in [3.05, 3.63) is 48.3 Å². The van der Waals surface area contributed by atoms with Crippen molar-refractivity contribution in [3.8, 4) is 0 Å². The number of nitrogens with one attached hydrogen (secondary N) is 2. The number of aliphatic carboxylic acids is 1. The van der Waals surface area contributed by atoms with Gasteiger partial charge >= 0.3 is 5.97 Å². The van der Waals surface area contributed by atoms with Gasteiger partial charge in [-0.05, 0) is 24.0 Å². The second kappa shape index (κ2) is 12.7. The molecule has 31 heavy (non-hydrogen) atoms. The maximum absolute atomic E-state index is 12.9. The molecule has 0 spiro atoms. The number of carbonyl (C=O) groups excluding carboxylic acids is 2. The molecule has 8 heteroatoms. The van der Waals surface area contributed by atoms with Crippen LogP contribution in [0.3, 0.4) is 0 Å². The molecule has 0 saturated carbocycles. The number of hydrogen-bond donors (Lipinski definition) is 3. The lowest BCUT2D eigenvalue weighted by Crippen LogP contribution is -2.50.